The maximum atomic E-state index is 13.8. The van der Waals surface area contributed by atoms with E-state index < -0.39 is 0 Å². The first-order valence-corrected chi connectivity index (χ1v) is 7.98. The van der Waals surface area contributed by atoms with Gasteiger partial charge in [0.25, 0.3) is 0 Å². The van der Waals surface area contributed by atoms with Crippen LogP contribution in [-0.2, 0) is 6.42 Å². The Kier molecular flexibility index (Phi) is 4.88. The van der Waals surface area contributed by atoms with Gasteiger partial charge in [0.1, 0.15) is 5.82 Å². The van der Waals surface area contributed by atoms with Crippen LogP contribution in [0.1, 0.15) is 24.8 Å². The fraction of sp³-hybridized carbons (Fsp3) is 0.538. The Morgan fingerprint density at radius 1 is 1.47 bits per heavy atom. The van der Waals surface area contributed by atoms with E-state index >= 15 is 0 Å². The molecule has 1 heterocycles. The normalized spacial score (nSPS) is 20.5. The quantitative estimate of drug-likeness (QED) is 0.846. The summed E-state index contributed by atoms with van der Waals surface area (Å²) < 4.78 is 14.7. The second kappa shape index (κ2) is 6.21. The molecule has 1 nitrogen and oxygen atoms in total. The minimum absolute atomic E-state index is 0.113. The van der Waals surface area contributed by atoms with Gasteiger partial charge >= 0.3 is 0 Å². The zero-order valence-corrected chi connectivity index (χ0v) is 12.3. The molecule has 0 aromatic heterocycles. The summed E-state index contributed by atoms with van der Waals surface area (Å²) in [5.41, 5.74) is 1.08. The lowest BCUT2D eigenvalue weighted by Crippen LogP contribution is -2.35. The van der Waals surface area contributed by atoms with Crippen molar-refractivity contribution >= 4 is 27.7 Å². The van der Waals surface area contributed by atoms with E-state index in [2.05, 4.69) is 21.2 Å². The lowest BCUT2D eigenvalue weighted by Gasteiger charge is -2.23. The Bertz CT molecular complexity index is 368. The summed E-state index contributed by atoms with van der Waals surface area (Å²) in [6.07, 6.45) is 6.56. The molecular weight excluding hydrogens is 301 g/mol. The highest BCUT2D eigenvalue weighted by atomic mass is 79.9. The van der Waals surface area contributed by atoms with Crippen molar-refractivity contribution in [3.8, 4) is 0 Å². The van der Waals surface area contributed by atoms with Gasteiger partial charge in [-0.3, -0.25) is 0 Å². The van der Waals surface area contributed by atoms with Crippen LogP contribution in [0.25, 0.3) is 0 Å². The van der Waals surface area contributed by atoms with Crippen molar-refractivity contribution < 1.29 is 4.39 Å². The Labute approximate surface area is 115 Å². The van der Waals surface area contributed by atoms with Crippen LogP contribution in [0.15, 0.2) is 21.5 Å². The third-order valence-corrected chi connectivity index (χ3v) is 4.87. The molecule has 0 radical (unpaired) electrons. The molecule has 0 saturated carbocycles. The molecule has 1 unspecified atom stereocenters. The SMILES string of the molecule is CSc1c(F)cc(CC2CCCCN2)cc1Br. The summed E-state index contributed by atoms with van der Waals surface area (Å²) in [5, 5.41) is 3.49. The van der Waals surface area contributed by atoms with E-state index in [4.69, 9.17) is 0 Å². The van der Waals surface area contributed by atoms with E-state index in [1.165, 1.54) is 31.0 Å². The van der Waals surface area contributed by atoms with E-state index in [0.717, 1.165) is 23.0 Å². The topological polar surface area (TPSA) is 12.0 Å². The lowest BCUT2D eigenvalue weighted by molar-refractivity contribution is 0.399. The van der Waals surface area contributed by atoms with E-state index in [1.807, 2.05) is 12.3 Å². The number of rotatable bonds is 3. The van der Waals surface area contributed by atoms with Gasteiger partial charge in [0.15, 0.2) is 0 Å². The maximum absolute atomic E-state index is 13.8. The molecule has 1 aliphatic rings. The average molecular weight is 318 g/mol. The minimum Gasteiger partial charge on any atom is -0.314 e. The molecule has 1 saturated heterocycles. The first-order valence-electron chi connectivity index (χ1n) is 5.96. The maximum Gasteiger partial charge on any atom is 0.138 e. The summed E-state index contributed by atoms with van der Waals surface area (Å²) in [6, 6.07) is 4.23. The largest absolute Gasteiger partial charge is 0.314 e. The molecule has 4 heteroatoms. The average Bonchev–Trinajstić information content (AvgIpc) is 2.30. The number of hydrogen-bond acceptors (Lipinski definition) is 2. The first kappa shape index (κ1) is 13.4. The van der Waals surface area contributed by atoms with E-state index in [-0.39, 0.29) is 5.82 Å². The van der Waals surface area contributed by atoms with Gasteiger partial charge in [-0.05, 0) is 65.7 Å². The van der Waals surface area contributed by atoms with E-state index in [0.29, 0.717) is 10.9 Å². The van der Waals surface area contributed by atoms with Gasteiger partial charge in [-0.2, -0.15) is 0 Å². The Hall–Kier alpha value is -0.0600. The van der Waals surface area contributed by atoms with Crippen molar-refractivity contribution in [3.63, 3.8) is 0 Å². The zero-order chi connectivity index (χ0) is 12.3. The molecule has 1 aliphatic heterocycles. The minimum atomic E-state index is -0.113. The van der Waals surface area contributed by atoms with Crippen molar-refractivity contribution in [1.29, 1.82) is 0 Å². The molecule has 1 fully saturated rings. The summed E-state index contributed by atoms with van der Waals surface area (Å²) in [4.78, 5) is 0.699. The number of thioether (sulfide) groups is 1. The zero-order valence-electron chi connectivity index (χ0n) is 9.93. The van der Waals surface area contributed by atoms with Crippen LogP contribution in [0.4, 0.5) is 4.39 Å². The number of nitrogens with one attached hydrogen (secondary N) is 1. The Morgan fingerprint density at radius 2 is 2.29 bits per heavy atom. The molecule has 2 rings (SSSR count). The third kappa shape index (κ3) is 3.46. The van der Waals surface area contributed by atoms with Gasteiger partial charge in [-0.1, -0.05) is 6.42 Å². The van der Waals surface area contributed by atoms with Gasteiger partial charge < -0.3 is 5.32 Å². The van der Waals surface area contributed by atoms with Crippen molar-refractivity contribution in [1.82, 2.24) is 5.32 Å². The first-order chi connectivity index (χ1) is 8.20. The van der Waals surface area contributed by atoms with Gasteiger partial charge in [-0.15, -0.1) is 11.8 Å². The fourth-order valence-electron chi connectivity index (χ4n) is 2.31. The second-order valence-electron chi connectivity index (χ2n) is 4.44. The monoisotopic (exact) mass is 317 g/mol. The standard InChI is InChI=1S/C13H17BrFNS/c1-17-13-11(14)7-9(8-12(13)15)6-10-4-2-3-5-16-10/h7-8,10,16H,2-6H2,1H3. The highest BCUT2D eigenvalue weighted by molar-refractivity contribution is 9.10. The van der Waals surface area contributed by atoms with Crippen molar-refractivity contribution in [2.24, 2.45) is 0 Å². The smallest absolute Gasteiger partial charge is 0.138 e. The molecule has 0 spiro atoms. The lowest BCUT2D eigenvalue weighted by atomic mass is 9.98. The summed E-state index contributed by atoms with van der Waals surface area (Å²) in [6.45, 7) is 1.09. The predicted octanol–water partition coefficient (Wildman–Crippen LogP) is 3.99. The summed E-state index contributed by atoms with van der Waals surface area (Å²) >= 11 is 4.88. The molecule has 94 valence electrons. The molecule has 17 heavy (non-hydrogen) atoms. The molecule has 0 amide bonds. The molecule has 1 atom stereocenters. The van der Waals surface area contributed by atoms with E-state index in [9.17, 15) is 4.39 Å². The Balaban J connectivity index is 2.10. The van der Waals surface area contributed by atoms with Crippen LogP contribution in [0.2, 0.25) is 0 Å². The number of halogens is 2. The van der Waals surface area contributed by atoms with Gasteiger partial charge in [0.2, 0.25) is 0 Å². The fourth-order valence-corrected chi connectivity index (χ4v) is 3.78. The third-order valence-electron chi connectivity index (χ3n) is 3.16. The van der Waals surface area contributed by atoms with E-state index in [1.54, 1.807) is 6.07 Å². The number of hydrogen-bond donors (Lipinski definition) is 1. The molecule has 1 N–H and O–H groups in total. The molecule has 0 bridgehead atoms. The Morgan fingerprint density at radius 3 is 2.88 bits per heavy atom. The van der Waals surface area contributed by atoms with Crippen molar-refractivity contribution in [2.75, 3.05) is 12.8 Å². The van der Waals surface area contributed by atoms with Crippen LogP contribution >= 0.6 is 27.7 Å². The van der Waals surface area contributed by atoms with Crippen LogP contribution in [0, 0.1) is 5.82 Å². The van der Waals surface area contributed by atoms with Crippen LogP contribution in [0.5, 0.6) is 0 Å². The van der Waals surface area contributed by atoms with Gasteiger partial charge in [-0.25, -0.2) is 4.39 Å². The van der Waals surface area contributed by atoms with Crippen molar-refractivity contribution in [2.45, 2.75) is 36.6 Å². The highest BCUT2D eigenvalue weighted by Gasteiger charge is 2.15. The number of benzene rings is 1. The molecule has 1 aromatic carbocycles. The van der Waals surface area contributed by atoms with Crippen molar-refractivity contribution in [3.05, 3.63) is 28.0 Å². The molecule has 0 aliphatic carbocycles. The second-order valence-corrected chi connectivity index (χ2v) is 6.11. The highest BCUT2D eigenvalue weighted by Crippen LogP contribution is 2.30. The van der Waals surface area contributed by atoms with Crippen LogP contribution < -0.4 is 5.32 Å². The number of piperidine rings is 1. The van der Waals surface area contributed by atoms with Crippen LogP contribution in [0.3, 0.4) is 0 Å². The summed E-state index contributed by atoms with van der Waals surface area (Å²) in [7, 11) is 0. The predicted molar refractivity (Wildman–Crippen MR) is 75.2 cm³/mol. The molecular formula is C13H17BrFNS. The van der Waals surface area contributed by atoms with Gasteiger partial charge in [0.05, 0.1) is 4.90 Å². The van der Waals surface area contributed by atoms with Gasteiger partial charge in [0, 0.05) is 10.5 Å². The van der Waals surface area contributed by atoms with Crippen LogP contribution in [-0.4, -0.2) is 18.8 Å². The summed E-state index contributed by atoms with van der Waals surface area (Å²) in [5.74, 6) is -0.113. The molecule has 1 aromatic rings.